The van der Waals surface area contributed by atoms with Crippen LogP contribution in [0.4, 0.5) is 0 Å². The first-order chi connectivity index (χ1) is 10.4. The van der Waals surface area contributed by atoms with Crippen molar-refractivity contribution >= 4 is 23.5 Å². The van der Waals surface area contributed by atoms with Crippen LogP contribution in [-0.2, 0) is 0 Å². The molecule has 120 valence electrons. The number of likely N-dealkylation sites (tertiary alicyclic amines) is 1. The largest absolute Gasteiger partial charge is 0.315 e. The lowest BCUT2D eigenvalue weighted by atomic mass is 9.58. The van der Waals surface area contributed by atoms with Gasteiger partial charge in [0.15, 0.2) is 0 Å². The minimum atomic E-state index is -0.732. The van der Waals surface area contributed by atoms with E-state index in [0.29, 0.717) is 0 Å². The van der Waals surface area contributed by atoms with E-state index in [-0.39, 0.29) is 11.5 Å². The Hall–Kier alpha value is 0.155. The van der Waals surface area contributed by atoms with Crippen LogP contribution in [0.2, 0.25) is 0 Å². The van der Waals surface area contributed by atoms with Crippen LogP contribution in [0.5, 0.6) is 0 Å². The SMILES string of the molecule is [B]C1CCC([B])([B])N1C(C)(CCCCCC)CCCCCC. The molecule has 0 N–H and O–H groups in total. The highest BCUT2D eigenvalue weighted by Crippen LogP contribution is 2.40. The van der Waals surface area contributed by atoms with Crippen LogP contribution in [0.25, 0.3) is 0 Å². The lowest BCUT2D eigenvalue weighted by Crippen LogP contribution is -2.60. The van der Waals surface area contributed by atoms with Crippen LogP contribution in [0, 0.1) is 0 Å². The van der Waals surface area contributed by atoms with E-state index in [1.165, 1.54) is 51.4 Å². The molecule has 0 aromatic heterocycles. The highest BCUT2D eigenvalue weighted by atomic mass is 15.3. The molecule has 22 heavy (non-hydrogen) atoms. The Morgan fingerprint density at radius 2 is 1.45 bits per heavy atom. The molecule has 1 saturated heterocycles. The number of rotatable bonds is 11. The molecule has 0 aliphatic carbocycles. The van der Waals surface area contributed by atoms with E-state index < -0.39 is 5.34 Å². The Balaban J connectivity index is 2.70. The Labute approximate surface area is 143 Å². The summed E-state index contributed by atoms with van der Waals surface area (Å²) in [4.78, 5) is 2.25. The molecule has 1 aliphatic rings. The van der Waals surface area contributed by atoms with Crippen molar-refractivity contribution in [3.05, 3.63) is 0 Å². The smallest absolute Gasteiger partial charge is 0.0910 e. The van der Waals surface area contributed by atoms with Gasteiger partial charge in [-0.15, -0.1) is 0 Å². The number of unbranched alkanes of at least 4 members (excludes halogenated alkanes) is 6. The molecule has 1 rings (SSSR count). The normalized spacial score (nSPS) is 22.2. The van der Waals surface area contributed by atoms with Crippen LogP contribution in [0.15, 0.2) is 0 Å². The lowest BCUT2D eigenvalue weighted by molar-refractivity contribution is 0.0664. The van der Waals surface area contributed by atoms with Crippen molar-refractivity contribution in [1.29, 1.82) is 0 Å². The van der Waals surface area contributed by atoms with Crippen LogP contribution in [-0.4, -0.2) is 45.3 Å². The predicted octanol–water partition coefficient (Wildman–Crippen LogP) is 4.27. The average molecular weight is 297 g/mol. The summed E-state index contributed by atoms with van der Waals surface area (Å²) in [6, 6.07) is 0. The third kappa shape index (κ3) is 5.66. The molecule has 1 aliphatic heterocycles. The quantitative estimate of drug-likeness (QED) is 0.407. The molecule has 1 nitrogen and oxygen atoms in total. The number of hydrogen-bond acceptors (Lipinski definition) is 1. The first-order valence-electron chi connectivity index (χ1n) is 9.50. The number of nitrogens with zero attached hydrogens (tertiary/aromatic N) is 1. The van der Waals surface area contributed by atoms with E-state index in [4.69, 9.17) is 23.5 Å². The Morgan fingerprint density at radius 3 is 1.82 bits per heavy atom. The highest BCUT2D eigenvalue weighted by molar-refractivity contribution is 6.40. The second kappa shape index (κ2) is 9.45. The van der Waals surface area contributed by atoms with E-state index in [9.17, 15) is 0 Å². The van der Waals surface area contributed by atoms with Gasteiger partial charge in [0.05, 0.1) is 23.5 Å². The average Bonchev–Trinajstić information content (AvgIpc) is 2.74. The predicted molar refractivity (Wildman–Crippen MR) is 101 cm³/mol. The first-order valence-corrected chi connectivity index (χ1v) is 9.50. The molecule has 0 spiro atoms. The lowest BCUT2D eigenvalue weighted by Gasteiger charge is -2.51. The van der Waals surface area contributed by atoms with Gasteiger partial charge in [-0.1, -0.05) is 77.0 Å². The van der Waals surface area contributed by atoms with Gasteiger partial charge in [0, 0.05) is 5.54 Å². The molecular weight excluding hydrogens is 263 g/mol. The molecule has 0 saturated carbocycles. The molecule has 4 heteroatoms. The Morgan fingerprint density at radius 1 is 0.955 bits per heavy atom. The minimum Gasteiger partial charge on any atom is -0.315 e. The molecular formula is C18H34B3N. The maximum absolute atomic E-state index is 6.38. The van der Waals surface area contributed by atoms with Gasteiger partial charge >= 0.3 is 0 Å². The van der Waals surface area contributed by atoms with Gasteiger partial charge in [-0.05, 0) is 32.1 Å². The van der Waals surface area contributed by atoms with E-state index in [2.05, 4.69) is 25.7 Å². The van der Waals surface area contributed by atoms with Gasteiger partial charge in [0.1, 0.15) is 0 Å². The summed E-state index contributed by atoms with van der Waals surface area (Å²) in [6.07, 6.45) is 14.3. The first kappa shape index (κ1) is 20.2. The molecule has 1 atom stereocenters. The Kier molecular flexibility index (Phi) is 8.68. The van der Waals surface area contributed by atoms with Crippen molar-refractivity contribution in [2.45, 2.75) is 115 Å². The summed E-state index contributed by atoms with van der Waals surface area (Å²) < 4.78 is 0. The maximum Gasteiger partial charge on any atom is 0.0910 e. The summed E-state index contributed by atoms with van der Waals surface area (Å²) in [7, 11) is 19.1. The molecule has 0 amide bonds. The van der Waals surface area contributed by atoms with E-state index in [0.717, 1.165) is 25.7 Å². The summed E-state index contributed by atoms with van der Waals surface area (Å²) in [5, 5.41) is -0.732. The van der Waals surface area contributed by atoms with Crippen molar-refractivity contribution in [3.63, 3.8) is 0 Å². The van der Waals surface area contributed by atoms with Gasteiger partial charge < -0.3 is 4.90 Å². The minimum absolute atomic E-state index is 0.0114. The monoisotopic (exact) mass is 297 g/mol. The van der Waals surface area contributed by atoms with E-state index in [1.807, 2.05) is 0 Å². The van der Waals surface area contributed by atoms with Crippen LogP contribution in [0.1, 0.15) is 97.8 Å². The molecule has 0 aromatic carbocycles. The fourth-order valence-electron chi connectivity index (χ4n) is 4.07. The van der Waals surface area contributed by atoms with Crippen molar-refractivity contribution < 1.29 is 0 Å². The van der Waals surface area contributed by atoms with Gasteiger partial charge in [0.25, 0.3) is 0 Å². The van der Waals surface area contributed by atoms with Crippen molar-refractivity contribution in [2.75, 3.05) is 0 Å². The fraction of sp³-hybridized carbons (Fsp3) is 1.00. The summed E-state index contributed by atoms with van der Waals surface area (Å²) in [5.74, 6) is 0.0114. The molecule has 6 radical (unpaired) electrons. The molecule has 1 unspecified atom stereocenters. The fourth-order valence-corrected chi connectivity index (χ4v) is 4.07. The zero-order valence-electron chi connectivity index (χ0n) is 15.2. The molecule has 0 aromatic rings. The topological polar surface area (TPSA) is 3.24 Å². The second-order valence-electron chi connectivity index (χ2n) is 7.59. The highest BCUT2D eigenvalue weighted by Gasteiger charge is 2.45. The third-order valence-corrected chi connectivity index (χ3v) is 5.34. The summed E-state index contributed by atoms with van der Waals surface area (Å²) in [6.45, 7) is 6.85. The zero-order valence-corrected chi connectivity index (χ0v) is 15.2. The zero-order chi connectivity index (χ0) is 16.6. The van der Waals surface area contributed by atoms with E-state index >= 15 is 0 Å². The van der Waals surface area contributed by atoms with E-state index in [1.54, 1.807) is 0 Å². The standard InChI is InChI=1S/C18H34B3N/c1-4-6-8-10-13-17(3,14-11-9-7-5-2)22-16(19)12-15-18(22,20)21/h16H,4-15H2,1-3H3. The van der Waals surface area contributed by atoms with Crippen LogP contribution < -0.4 is 0 Å². The van der Waals surface area contributed by atoms with Crippen molar-refractivity contribution in [3.8, 4) is 0 Å². The van der Waals surface area contributed by atoms with Crippen LogP contribution in [0.3, 0.4) is 0 Å². The van der Waals surface area contributed by atoms with Crippen molar-refractivity contribution in [1.82, 2.24) is 4.90 Å². The van der Waals surface area contributed by atoms with Gasteiger partial charge in [-0.3, -0.25) is 0 Å². The van der Waals surface area contributed by atoms with Crippen molar-refractivity contribution in [2.24, 2.45) is 0 Å². The van der Waals surface area contributed by atoms with Gasteiger partial charge in [-0.2, -0.15) is 0 Å². The summed E-state index contributed by atoms with van der Waals surface area (Å²) >= 11 is 0. The number of hydrogen-bond donors (Lipinski definition) is 0. The second-order valence-corrected chi connectivity index (χ2v) is 7.59. The van der Waals surface area contributed by atoms with Crippen LogP contribution >= 0.6 is 0 Å². The maximum atomic E-state index is 6.38. The van der Waals surface area contributed by atoms with Gasteiger partial charge in [-0.25, -0.2) is 0 Å². The Bertz CT molecular complexity index is 295. The van der Waals surface area contributed by atoms with Gasteiger partial charge in [0.2, 0.25) is 0 Å². The summed E-state index contributed by atoms with van der Waals surface area (Å²) in [5.41, 5.74) is 0.0426. The molecule has 1 fully saturated rings. The molecule has 0 bridgehead atoms. The molecule has 1 heterocycles. The third-order valence-electron chi connectivity index (χ3n) is 5.34.